The Morgan fingerprint density at radius 3 is 1.94 bits per heavy atom. The molecule has 1 rings (SSSR count). The standard InChI is InChI=1S/C22H32NO10P/c1-5-30-18(24)13-17(22(28)31-6-2)19(21(26)27)23-20(25)16-11-9-15(10-12-16)14-34(29,32-7-3)33-8-4/h9-12,17,19H,5-8,13-14H2,1-4H3,(H,23,25)(H,26,27)/t17-,19-/m0/s1. The van der Waals surface area contributed by atoms with Crippen LogP contribution in [-0.4, -0.2) is 61.4 Å². The van der Waals surface area contributed by atoms with E-state index in [0.29, 0.717) is 5.56 Å². The Morgan fingerprint density at radius 1 is 0.912 bits per heavy atom. The number of aliphatic carboxylic acids is 1. The first kappa shape index (κ1) is 29.3. The van der Waals surface area contributed by atoms with E-state index in [-0.39, 0.29) is 38.2 Å². The van der Waals surface area contributed by atoms with Gasteiger partial charge in [-0.05, 0) is 45.4 Å². The van der Waals surface area contributed by atoms with Gasteiger partial charge in [0.1, 0.15) is 6.04 Å². The number of carboxylic acids is 1. The average molecular weight is 501 g/mol. The summed E-state index contributed by atoms with van der Waals surface area (Å²) in [5, 5.41) is 11.9. The zero-order valence-electron chi connectivity index (χ0n) is 19.8. The third-order valence-corrected chi connectivity index (χ3v) is 6.54. The van der Waals surface area contributed by atoms with Gasteiger partial charge in [-0.3, -0.25) is 18.9 Å². The number of carbonyl (C=O) groups is 4. The van der Waals surface area contributed by atoms with Crippen LogP contribution in [0.15, 0.2) is 24.3 Å². The lowest BCUT2D eigenvalue weighted by atomic mass is 9.95. The van der Waals surface area contributed by atoms with Crippen LogP contribution >= 0.6 is 7.60 Å². The van der Waals surface area contributed by atoms with Crippen molar-refractivity contribution in [1.82, 2.24) is 5.32 Å². The summed E-state index contributed by atoms with van der Waals surface area (Å²) in [6.07, 6.45) is -0.578. The maximum atomic E-state index is 12.7. The van der Waals surface area contributed by atoms with Crippen LogP contribution in [0.5, 0.6) is 0 Å². The second-order valence-corrected chi connectivity index (χ2v) is 9.01. The molecule has 12 heteroatoms. The predicted molar refractivity (Wildman–Crippen MR) is 121 cm³/mol. The fraction of sp³-hybridized carbons (Fsp3) is 0.545. The van der Waals surface area contributed by atoms with E-state index in [1.165, 1.54) is 31.2 Å². The molecule has 2 N–H and O–H groups in total. The monoisotopic (exact) mass is 501 g/mol. The lowest BCUT2D eigenvalue weighted by Gasteiger charge is -2.23. The normalized spacial score (nSPS) is 12.9. The van der Waals surface area contributed by atoms with Crippen molar-refractivity contribution in [3.8, 4) is 0 Å². The van der Waals surface area contributed by atoms with E-state index in [9.17, 15) is 28.8 Å². The van der Waals surface area contributed by atoms with Crippen molar-refractivity contribution < 1.29 is 47.4 Å². The van der Waals surface area contributed by atoms with Gasteiger partial charge in [-0.15, -0.1) is 0 Å². The zero-order chi connectivity index (χ0) is 25.7. The molecule has 0 saturated carbocycles. The number of hydrogen-bond donors (Lipinski definition) is 2. The molecule has 0 saturated heterocycles. The lowest BCUT2D eigenvalue weighted by molar-refractivity contribution is -0.159. The molecule has 0 fully saturated rings. The first-order valence-electron chi connectivity index (χ1n) is 10.9. The lowest BCUT2D eigenvalue weighted by Crippen LogP contribution is -2.49. The number of ether oxygens (including phenoxy) is 2. The van der Waals surface area contributed by atoms with Gasteiger partial charge in [0, 0.05) is 5.56 Å². The van der Waals surface area contributed by atoms with Crippen molar-refractivity contribution in [1.29, 1.82) is 0 Å². The second kappa shape index (κ2) is 14.5. The van der Waals surface area contributed by atoms with E-state index < -0.39 is 49.8 Å². The summed E-state index contributed by atoms with van der Waals surface area (Å²) in [6.45, 7) is 6.93. The molecule has 1 amide bonds. The highest BCUT2D eigenvalue weighted by Crippen LogP contribution is 2.51. The minimum Gasteiger partial charge on any atom is -0.480 e. The van der Waals surface area contributed by atoms with E-state index in [1.807, 2.05) is 0 Å². The molecule has 0 aliphatic heterocycles. The largest absolute Gasteiger partial charge is 0.480 e. The molecule has 0 bridgehead atoms. The van der Waals surface area contributed by atoms with E-state index in [0.717, 1.165) is 0 Å². The topological polar surface area (TPSA) is 155 Å². The highest BCUT2D eigenvalue weighted by atomic mass is 31.2. The average Bonchev–Trinajstić information content (AvgIpc) is 2.76. The van der Waals surface area contributed by atoms with Crippen LogP contribution in [0, 0.1) is 5.92 Å². The van der Waals surface area contributed by atoms with Gasteiger partial charge in [0.2, 0.25) is 0 Å². The quantitative estimate of drug-likeness (QED) is 0.271. The molecule has 0 spiro atoms. The van der Waals surface area contributed by atoms with Crippen molar-refractivity contribution in [2.75, 3.05) is 26.4 Å². The predicted octanol–water partition coefficient (Wildman–Crippen LogP) is 2.77. The molecule has 190 valence electrons. The van der Waals surface area contributed by atoms with Gasteiger partial charge < -0.3 is 28.9 Å². The minimum absolute atomic E-state index is 0.00119. The number of esters is 2. The number of carboxylic acid groups (broad SMARTS) is 1. The van der Waals surface area contributed by atoms with E-state index in [2.05, 4.69) is 5.32 Å². The first-order valence-corrected chi connectivity index (χ1v) is 12.7. The van der Waals surface area contributed by atoms with E-state index >= 15 is 0 Å². The number of nitrogens with one attached hydrogen (secondary N) is 1. The molecule has 2 atom stereocenters. The summed E-state index contributed by atoms with van der Waals surface area (Å²) < 4.78 is 32.9. The third-order valence-electron chi connectivity index (χ3n) is 4.48. The third kappa shape index (κ3) is 9.24. The zero-order valence-corrected chi connectivity index (χ0v) is 20.7. The van der Waals surface area contributed by atoms with Gasteiger partial charge >= 0.3 is 25.5 Å². The maximum absolute atomic E-state index is 12.7. The maximum Gasteiger partial charge on any atom is 0.335 e. The fourth-order valence-electron chi connectivity index (χ4n) is 3.05. The Labute approximate surface area is 198 Å². The Bertz CT molecular complexity index is 876. The van der Waals surface area contributed by atoms with E-state index in [1.54, 1.807) is 20.8 Å². The molecule has 0 aliphatic rings. The van der Waals surface area contributed by atoms with Crippen LogP contribution in [0.25, 0.3) is 0 Å². The van der Waals surface area contributed by atoms with Crippen LogP contribution in [0.3, 0.4) is 0 Å². The Balaban J connectivity index is 3.05. The molecule has 34 heavy (non-hydrogen) atoms. The van der Waals surface area contributed by atoms with Crippen LogP contribution in [0.1, 0.15) is 50.0 Å². The molecule has 0 aliphatic carbocycles. The number of benzene rings is 1. The molecule has 0 radical (unpaired) electrons. The SMILES string of the molecule is CCOC(=O)C[C@H](C(=O)OCC)[C@H](NC(=O)c1ccc(CP(=O)(OCC)OCC)cc1)C(=O)O. The molecule has 1 aromatic carbocycles. The van der Waals surface area contributed by atoms with Crippen LogP contribution < -0.4 is 5.32 Å². The van der Waals surface area contributed by atoms with Gasteiger partial charge in [0.05, 0.1) is 44.9 Å². The van der Waals surface area contributed by atoms with Gasteiger partial charge in [-0.1, -0.05) is 12.1 Å². The Kier molecular flexibility index (Phi) is 12.5. The first-order chi connectivity index (χ1) is 16.1. The number of amides is 1. The molecular formula is C22H32NO10P. The van der Waals surface area contributed by atoms with Crippen molar-refractivity contribution in [2.24, 2.45) is 5.92 Å². The number of carbonyl (C=O) groups excluding carboxylic acids is 3. The summed E-state index contributed by atoms with van der Waals surface area (Å²) in [6, 6.07) is 4.17. The Hall–Kier alpha value is -2.75. The van der Waals surface area contributed by atoms with Gasteiger partial charge in [0.25, 0.3) is 5.91 Å². The van der Waals surface area contributed by atoms with E-state index in [4.69, 9.17) is 18.5 Å². The molecular weight excluding hydrogens is 469 g/mol. The fourth-order valence-corrected chi connectivity index (χ4v) is 4.75. The molecule has 0 unspecified atom stereocenters. The Morgan fingerprint density at radius 2 is 1.47 bits per heavy atom. The van der Waals surface area contributed by atoms with Crippen LogP contribution in [-0.2, 0) is 43.6 Å². The van der Waals surface area contributed by atoms with Gasteiger partial charge in [0.15, 0.2) is 0 Å². The van der Waals surface area contributed by atoms with Crippen molar-refractivity contribution in [3.05, 3.63) is 35.4 Å². The molecule has 0 aromatic heterocycles. The van der Waals surface area contributed by atoms with Crippen molar-refractivity contribution in [3.63, 3.8) is 0 Å². The summed E-state index contributed by atoms with van der Waals surface area (Å²) >= 11 is 0. The van der Waals surface area contributed by atoms with Crippen LogP contribution in [0.2, 0.25) is 0 Å². The highest BCUT2D eigenvalue weighted by Gasteiger charge is 2.38. The highest BCUT2D eigenvalue weighted by molar-refractivity contribution is 7.53. The minimum atomic E-state index is -3.34. The van der Waals surface area contributed by atoms with Gasteiger partial charge in [-0.25, -0.2) is 4.79 Å². The van der Waals surface area contributed by atoms with Crippen molar-refractivity contribution in [2.45, 2.75) is 46.3 Å². The summed E-state index contributed by atoms with van der Waals surface area (Å²) in [7, 11) is -3.34. The summed E-state index contributed by atoms with van der Waals surface area (Å²) in [4.78, 5) is 48.8. The van der Waals surface area contributed by atoms with Crippen molar-refractivity contribution >= 4 is 31.4 Å². The smallest absolute Gasteiger partial charge is 0.335 e. The van der Waals surface area contributed by atoms with Gasteiger partial charge in [-0.2, -0.15) is 0 Å². The second-order valence-electron chi connectivity index (χ2n) is 6.96. The molecule has 0 heterocycles. The summed E-state index contributed by atoms with van der Waals surface area (Å²) in [5.41, 5.74) is 0.680. The summed E-state index contributed by atoms with van der Waals surface area (Å²) in [5.74, 6) is -5.51. The number of hydrogen-bond acceptors (Lipinski definition) is 9. The van der Waals surface area contributed by atoms with Crippen LogP contribution in [0.4, 0.5) is 0 Å². The molecule has 1 aromatic rings. The molecule has 11 nitrogen and oxygen atoms in total. The number of rotatable bonds is 15.